The molecule has 3 heterocycles. The van der Waals surface area contributed by atoms with E-state index in [9.17, 15) is 36.2 Å². The Labute approximate surface area is 200 Å². The molecular formula is C23H20F7N3O3. The topological polar surface area (TPSA) is 75.0 Å². The summed E-state index contributed by atoms with van der Waals surface area (Å²) in [6.45, 7) is 1.81. The third kappa shape index (κ3) is 4.40. The molecule has 2 aromatic rings. The third-order valence-electron chi connectivity index (χ3n) is 6.09. The van der Waals surface area contributed by atoms with Crippen molar-refractivity contribution in [1.29, 1.82) is 0 Å². The standard InChI is InChI=1S/C23H20F7N3O3/c1-19(2,35)18(34)33-11-20(24,12-33)17-7-6-13(10-31-17)16-9-21(36-32-16,23(28,29)30)14-4-3-5-15(8-14)22(25,26)27/h3-8,10,35H,9,11-12H2,1-2H3. The van der Waals surface area contributed by atoms with Crippen LogP contribution in [-0.4, -0.2) is 51.5 Å². The van der Waals surface area contributed by atoms with Crippen molar-refractivity contribution < 1.29 is 45.5 Å². The zero-order valence-corrected chi connectivity index (χ0v) is 18.9. The van der Waals surface area contributed by atoms with Gasteiger partial charge in [0.1, 0.15) is 5.60 Å². The molecule has 1 N–H and O–H groups in total. The first-order valence-corrected chi connectivity index (χ1v) is 10.6. The summed E-state index contributed by atoms with van der Waals surface area (Å²) < 4.78 is 96.7. The summed E-state index contributed by atoms with van der Waals surface area (Å²) in [5.74, 6) is -0.664. The second-order valence-corrected chi connectivity index (χ2v) is 9.33. The highest BCUT2D eigenvalue weighted by atomic mass is 19.4. The summed E-state index contributed by atoms with van der Waals surface area (Å²) in [5.41, 5.74) is -9.11. The van der Waals surface area contributed by atoms with Gasteiger partial charge in [0.15, 0.2) is 5.67 Å². The Morgan fingerprint density at radius 3 is 2.28 bits per heavy atom. The van der Waals surface area contributed by atoms with Gasteiger partial charge in [-0.2, -0.15) is 26.3 Å². The minimum Gasteiger partial charge on any atom is -0.381 e. The van der Waals surface area contributed by atoms with Crippen molar-refractivity contribution in [3.63, 3.8) is 0 Å². The van der Waals surface area contributed by atoms with Crippen LogP contribution >= 0.6 is 0 Å². The van der Waals surface area contributed by atoms with Crippen molar-refractivity contribution in [2.24, 2.45) is 5.16 Å². The van der Waals surface area contributed by atoms with Gasteiger partial charge in [-0.15, -0.1) is 0 Å². The number of hydrogen-bond donors (Lipinski definition) is 1. The lowest BCUT2D eigenvalue weighted by Crippen LogP contribution is -2.62. The molecule has 2 aliphatic heterocycles. The number of carbonyl (C=O) groups excluding carboxylic acids is 1. The van der Waals surface area contributed by atoms with Gasteiger partial charge in [0.05, 0.1) is 36.5 Å². The highest BCUT2D eigenvalue weighted by molar-refractivity contribution is 6.01. The average molecular weight is 519 g/mol. The first-order valence-electron chi connectivity index (χ1n) is 10.6. The van der Waals surface area contributed by atoms with Gasteiger partial charge in [0, 0.05) is 17.3 Å². The lowest BCUT2D eigenvalue weighted by atomic mass is 9.85. The maximum Gasteiger partial charge on any atom is 0.435 e. The van der Waals surface area contributed by atoms with E-state index >= 15 is 4.39 Å². The van der Waals surface area contributed by atoms with Crippen LogP contribution in [0.25, 0.3) is 0 Å². The molecule has 4 rings (SSSR count). The predicted octanol–water partition coefficient (Wildman–Crippen LogP) is 4.46. The molecule has 1 atom stereocenters. The summed E-state index contributed by atoms with van der Waals surface area (Å²) >= 11 is 0. The molecule has 1 amide bonds. The van der Waals surface area contributed by atoms with E-state index in [1.165, 1.54) is 26.0 Å². The summed E-state index contributed by atoms with van der Waals surface area (Å²) in [7, 11) is 0. The van der Waals surface area contributed by atoms with E-state index in [0.717, 1.165) is 23.2 Å². The second-order valence-electron chi connectivity index (χ2n) is 9.33. The summed E-state index contributed by atoms with van der Waals surface area (Å²) in [6.07, 6.45) is -9.81. The number of oxime groups is 1. The molecule has 2 aliphatic rings. The molecule has 1 aromatic carbocycles. The molecule has 1 fully saturated rings. The van der Waals surface area contributed by atoms with E-state index in [0.29, 0.717) is 12.1 Å². The smallest absolute Gasteiger partial charge is 0.381 e. The van der Waals surface area contributed by atoms with E-state index in [1.807, 2.05) is 0 Å². The number of hydrogen-bond acceptors (Lipinski definition) is 5. The van der Waals surface area contributed by atoms with E-state index in [1.54, 1.807) is 0 Å². The number of aromatic nitrogens is 1. The molecule has 194 valence electrons. The van der Waals surface area contributed by atoms with Gasteiger partial charge >= 0.3 is 12.4 Å². The van der Waals surface area contributed by atoms with Crippen LogP contribution < -0.4 is 0 Å². The maximum atomic E-state index is 15.1. The molecule has 0 bridgehead atoms. The van der Waals surface area contributed by atoms with Crippen LogP contribution in [0.4, 0.5) is 30.7 Å². The molecule has 0 saturated carbocycles. The van der Waals surface area contributed by atoms with Crippen LogP contribution in [0, 0.1) is 0 Å². The monoisotopic (exact) mass is 519 g/mol. The molecular weight excluding hydrogens is 499 g/mol. The van der Waals surface area contributed by atoms with Crippen molar-refractivity contribution in [3.05, 3.63) is 65.0 Å². The minimum atomic E-state index is -5.11. The number of carbonyl (C=O) groups is 1. The molecule has 0 spiro atoms. The van der Waals surface area contributed by atoms with Crippen molar-refractivity contribution in [2.45, 2.75) is 49.5 Å². The van der Waals surface area contributed by atoms with Gasteiger partial charge in [-0.3, -0.25) is 9.78 Å². The molecule has 13 heteroatoms. The fourth-order valence-electron chi connectivity index (χ4n) is 4.09. The zero-order valence-electron chi connectivity index (χ0n) is 18.9. The SMILES string of the molecule is CC(C)(O)C(=O)N1CC(F)(c2ccc(C3=NOC(c4cccc(C(F)(F)F)c4)(C(F)(F)F)C3)cn2)C1. The second kappa shape index (κ2) is 8.15. The lowest BCUT2D eigenvalue weighted by molar-refractivity contribution is -0.276. The lowest BCUT2D eigenvalue weighted by Gasteiger charge is -2.45. The largest absolute Gasteiger partial charge is 0.435 e. The number of likely N-dealkylation sites (tertiary alicyclic amines) is 1. The van der Waals surface area contributed by atoms with Gasteiger partial charge in [-0.1, -0.05) is 17.3 Å². The summed E-state index contributed by atoms with van der Waals surface area (Å²) in [4.78, 5) is 21.9. The fourth-order valence-corrected chi connectivity index (χ4v) is 4.09. The van der Waals surface area contributed by atoms with E-state index < -0.39 is 52.7 Å². The summed E-state index contributed by atoms with van der Waals surface area (Å²) in [5, 5.41) is 13.3. The van der Waals surface area contributed by atoms with Gasteiger partial charge < -0.3 is 14.8 Å². The molecule has 36 heavy (non-hydrogen) atoms. The molecule has 6 nitrogen and oxygen atoms in total. The van der Waals surface area contributed by atoms with Gasteiger partial charge in [0.25, 0.3) is 11.5 Å². The Morgan fingerprint density at radius 2 is 1.75 bits per heavy atom. The fraction of sp³-hybridized carbons (Fsp3) is 0.435. The van der Waals surface area contributed by atoms with E-state index in [2.05, 4.69) is 10.1 Å². The van der Waals surface area contributed by atoms with Crippen LogP contribution in [0.3, 0.4) is 0 Å². The summed E-state index contributed by atoms with van der Waals surface area (Å²) in [6, 6.07) is 5.25. The van der Waals surface area contributed by atoms with Crippen LogP contribution in [0.5, 0.6) is 0 Å². The normalized spacial score (nSPS) is 22.1. The highest BCUT2D eigenvalue weighted by Gasteiger charge is 2.62. The van der Waals surface area contributed by atoms with Crippen molar-refractivity contribution in [3.8, 4) is 0 Å². The zero-order chi connectivity index (χ0) is 26.7. The number of alkyl halides is 7. The first-order chi connectivity index (χ1) is 16.5. The van der Waals surface area contributed by atoms with Gasteiger partial charge in [0.2, 0.25) is 0 Å². The van der Waals surface area contributed by atoms with Gasteiger partial charge in [-0.25, -0.2) is 4.39 Å². The number of rotatable bonds is 4. The maximum absolute atomic E-state index is 15.1. The number of aliphatic hydroxyl groups is 1. The number of halogens is 7. The Kier molecular flexibility index (Phi) is 5.85. The molecule has 0 aliphatic carbocycles. The van der Waals surface area contributed by atoms with Crippen LogP contribution in [0.15, 0.2) is 47.8 Å². The quantitative estimate of drug-likeness (QED) is 0.606. The number of amides is 1. The first kappa shape index (κ1) is 25.9. The Hall–Kier alpha value is -3.22. The van der Waals surface area contributed by atoms with E-state index in [-0.39, 0.29) is 30.1 Å². The molecule has 1 saturated heterocycles. The van der Waals surface area contributed by atoms with Crippen LogP contribution in [0.2, 0.25) is 0 Å². The van der Waals surface area contributed by atoms with Crippen LogP contribution in [0.1, 0.15) is 42.7 Å². The molecule has 1 aromatic heterocycles. The van der Waals surface area contributed by atoms with Crippen molar-refractivity contribution in [2.75, 3.05) is 13.1 Å². The Bertz CT molecular complexity index is 1200. The Balaban J connectivity index is 1.55. The highest BCUT2D eigenvalue weighted by Crippen LogP contribution is 2.49. The third-order valence-corrected chi connectivity index (χ3v) is 6.09. The number of benzene rings is 1. The van der Waals surface area contributed by atoms with Crippen LogP contribution in [-0.2, 0) is 27.1 Å². The van der Waals surface area contributed by atoms with E-state index in [4.69, 9.17) is 4.84 Å². The number of pyridine rings is 1. The van der Waals surface area contributed by atoms with Gasteiger partial charge in [-0.05, 0) is 38.1 Å². The van der Waals surface area contributed by atoms with Crippen molar-refractivity contribution in [1.82, 2.24) is 9.88 Å². The minimum absolute atomic E-state index is 0.0594. The predicted molar refractivity (Wildman–Crippen MR) is 111 cm³/mol. The Morgan fingerprint density at radius 1 is 1.08 bits per heavy atom. The average Bonchev–Trinajstić information content (AvgIpc) is 3.22. The number of nitrogens with zero attached hydrogens (tertiary/aromatic N) is 3. The molecule has 0 radical (unpaired) electrons. The molecule has 1 unspecified atom stereocenters. The van der Waals surface area contributed by atoms with Crippen molar-refractivity contribution >= 4 is 11.6 Å².